The van der Waals surface area contributed by atoms with Crippen molar-refractivity contribution in [3.63, 3.8) is 0 Å². The lowest BCUT2D eigenvalue weighted by atomic mass is 10.0. The van der Waals surface area contributed by atoms with Gasteiger partial charge in [0.25, 0.3) is 0 Å². The summed E-state index contributed by atoms with van der Waals surface area (Å²) in [6.45, 7) is 2.30. The molecule has 0 heterocycles. The van der Waals surface area contributed by atoms with E-state index < -0.39 is 6.29 Å². The minimum atomic E-state index is -0.754. The smallest absolute Gasteiger partial charge is 0.234 e. The summed E-state index contributed by atoms with van der Waals surface area (Å²) >= 11 is 0. The van der Waals surface area contributed by atoms with Gasteiger partial charge in [-0.2, -0.15) is 0 Å². The molecule has 1 atom stereocenters. The van der Waals surface area contributed by atoms with Gasteiger partial charge in [0, 0.05) is 6.61 Å². The number of hydrogen-bond acceptors (Lipinski definition) is 5. The highest BCUT2D eigenvalue weighted by Gasteiger charge is 2.17. The average Bonchev–Trinajstić information content (AvgIpc) is 2.82. The zero-order valence-electron chi connectivity index (χ0n) is 17.1. The van der Waals surface area contributed by atoms with Crippen LogP contribution in [0.4, 0.5) is 0 Å². The first-order valence-electron chi connectivity index (χ1n) is 10.1. The van der Waals surface area contributed by atoms with E-state index in [2.05, 4.69) is 0 Å². The van der Waals surface area contributed by atoms with Crippen molar-refractivity contribution in [3.05, 3.63) is 83.9 Å². The Bertz CT molecular complexity index is 1230. The van der Waals surface area contributed by atoms with Gasteiger partial charge in [0.15, 0.2) is 19.2 Å². The Hall–Kier alpha value is -3.70. The molecule has 5 nitrogen and oxygen atoms in total. The van der Waals surface area contributed by atoms with Crippen molar-refractivity contribution < 1.29 is 23.8 Å². The molecule has 0 radical (unpaired) electrons. The zero-order chi connectivity index (χ0) is 21.6. The third kappa shape index (κ3) is 4.27. The molecule has 0 saturated heterocycles. The summed E-state index contributed by atoms with van der Waals surface area (Å²) in [6.07, 6.45) is 0.827. The van der Waals surface area contributed by atoms with Crippen LogP contribution in [-0.4, -0.2) is 32.1 Å². The number of carbonyl (C=O) groups is 2. The summed E-state index contributed by atoms with van der Waals surface area (Å²) in [5.74, 6) is 0.876. The zero-order valence-corrected chi connectivity index (χ0v) is 17.1. The Morgan fingerprint density at radius 1 is 0.742 bits per heavy atom. The van der Waals surface area contributed by atoms with Gasteiger partial charge in [-0.3, -0.25) is 9.59 Å². The maximum atomic E-state index is 11.8. The lowest BCUT2D eigenvalue weighted by molar-refractivity contribution is -0.0972. The third-order valence-corrected chi connectivity index (χ3v) is 5.08. The first-order chi connectivity index (χ1) is 15.2. The molecule has 0 fully saturated rings. The standard InChI is InChI=1S/C26H22O5/c1-2-29-26(31-25-14-12-19-8-4-6-10-21(19)23(25)16-28)17-30-24-13-11-18-7-3-5-9-20(18)22(24)15-27/h3-16,26H,2,17H2,1H3. The Balaban J connectivity index is 1.58. The van der Waals surface area contributed by atoms with Crippen LogP contribution in [-0.2, 0) is 4.74 Å². The highest BCUT2D eigenvalue weighted by molar-refractivity contribution is 6.01. The normalized spacial score (nSPS) is 11.9. The average molecular weight is 414 g/mol. The Labute approximate surface area is 180 Å². The van der Waals surface area contributed by atoms with E-state index in [-0.39, 0.29) is 6.61 Å². The molecule has 0 saturated carbocycles. The van der Waals surface area contributed by atoms with Crippen molar-refractivity contribution in [3.8, 4) is 11.5 Å². The molecule has 156 valence electrons. The molecular weight excluding hydrogens is 392 g/mol. The van der Waals surface area contributed by atoms with E-state index in [9.17, 15) is 9.59 Å². The number of benzene rings is 4. The van der Waals surface area contributed by atoms with Gasteiger partial charge in [-0.25, -0.2) is 0 Å². The highest BCUT2D eigenvalue weighted by Crippen LogP contribution is 2.29. The largest absolute Gasteiger partial charge is 0.486 e. The van der Waals surface area contributed by atoms with Gasteiger partial charge in [0.05, 0.1) is 11.1 Å². The van der Waals surface area contributed by atoms with Crippen molar-refractivity contribution in [2.45, 2.75) is 13.2 Å². The second-order valence-corrected chi connectivity index (χ2v) is 6.95. The second-order valence-electron chi connectivity index (χ2n) is 6.95. The molecule has 0 aromatic heterocycles. The van der Waals surface area contributed by atoms with Crippen LogP contribution in [0.25, 0.3) is 21.5 Å². The molecular formula is C26H22O5. The Morgan fingerprint density at radius 3 is 1.87 bits per heavy atom. The minimum Gasteiger partial charge on any atom is -0.486 e. The molecule has 0 bridgehead atoms. The minimum absolute atomic E-state index is 0.0537. The molecule has 0 amide bonds. The summed E-state index contributed by atoms with van der Waals surface area (Å²) in [4.78, 5) is 23.5. The predicted octanol–water partition coefficient (Wildman–Crippen LogP) is 5.44. The van der Waals surface area contributed by atoms with E-state index in [0.29, 0.717) is 29.2 Å². The summed E-state index contributed by atoms with van der Waals surface area (Å²) in [6, 6.07) is 22.6. The van der Waals surface area contributed by atoms with Gasteiger partial charge in [0.1, 0.15) is 11.5 Å². The van der Waals surface area contributed by atoms with Gasteiger partial charge in [-0.1, -0.05) is 60.7 Å². The fraction of sp³-hybridized carbons (Fsp3) is 0.154. The highest BCUT2D eigenvalue weighted by atomic mass is 16.7. The van der Waals surface area contributed by atoms with E-state index in [4.69, 9.17) is 14.2 Å². The molecule has 4 aromatic carbocycles. The second kappa shape index (κ2) is 9.41. The van der Waals surface area contributed by atoms with E-state index in [1.807, 2.05) is 67.6 Å². The van der Waals surface area contributed by atoms with Gasteiger partial charge < -0.3 is 14.2 Å². The van der Waals surface area contributed by atoms with Crippen LogP contribution in [0.1, 0.15) is 27.6 Å². The molecule has 0 aliphatic heterocycles. The fourth-order valence-electron chi connectivity index (χ4n) is 3.62. The number of hydrogen-bond donors (Lipinski definition) is 0. The molecule has 31 heavy (non-hydrogen) atoms. The molecule has 0 aliphatic carbocycles. The van der Waals surface area contributed by atoms with E-state index in [0.717, 1.165) is 34.1 Å². The van der Waals surface area contributed by atoms with Gasteiger partial charge in [-0.05, 0) is 40.6 Å². The lowest BCUT2D eigenvalue weighted by Crippen LogP contribution is -2.28. The van der Waals surface area contributed by atoms with Crippen molar-refractivity contribution in [2.24, 2.45) is 0 Å². The molecule has 0 spiro atoms. The maximum Gasteiger partial charge on any atom is 0.234 e. The van der Waals surface area contributed by atoms with Crippen molar-refractivity contribution in [1.29, 1.82) is 0 Å². The summed E-state index contributed by atoms with van der Waals surface area (Å²) in [7, 11) is 0. The van der Waals surface area contributed by atoms with E-state index >= 15 is 0 Å². The Morgan fingerprint density at radius 2 is 1.29 bits per heavy atom. The number of ether oxygens (including phenoxy) is 3. The number of rotatable bonds is 9. The van der Waals surface area contributed by atoms with Crippen LogP contribution in [0.3, 0.4) is 0 Å². The maximum absolute atomic E-state index is 11.8. The Kier molecular flexibility index (Phi) is 6.24. The monoisotopic (exact) mass is 414 g/mol. The summed E-state index contributed by atoms with van der Waals surface area (Å²) < 4.78 is 17.6. The number of fused-ring (bicyclic) bond motifs is 2. The predicted molar refractivity (Wildman–Crippen MR) is 120 cm³/mol. The quantitative estimate of drug-likeness (QED) is 0.270. The summed E-state index contributed by atoms with van der Waals surface area (Å²) in [5.41, 5.74) is 0.940. The van der Waals surface area contributed by atoms with Crippen LogP contribution >= 0.6 is 0 Å². The number of aldehydes is 2. The van der Waals surface area contributed by atoms with Crippen LogP contribution in [0, 0.1) is 0 Å². The van der Waals surface area contributed by atoms with E-state index in [1.165, 1.54) is 0 Å². The van der Waals surface area contributed by atoms with Crippen LogP contribution in [0.5, 0.6) is 11.5 Å². The molecule has 4 aromatic rings. The van der Waals surface area contributed by atoms with Crippen LogP contribution in [0.15, 0.2) is 72.8 Å². The molecule has 4 rings (SSSR count). The third-order valence-electron chi connectivity index (χ3n) is 5.08. The fourth-order valence-corrected chi connectivity index (χ4v) is 3.62. The van der Waals surface area contributed by atoms with Crippen LogP contribution in [0.2, 0.25) is 0 Å². The van der Waals surface area contributed by atoms with Gasteiger partial charge in [0.2, 0.25) is 6.29 Å². The van der Waals surface area contributed by atoms with Crippen LogP contribution < -0.4 is 9.47 Å². The van der Waals surface area contributed by atoms with Crippen molar-refractivity contribution in [1.82, 2.24) is 0 Å². The van der Waals surface area contributed by atoms with E-state index in [1.54, 1.807) is 12.1 Å². The molecule has 0 aliphatic rings. The number of carbonyl (C=O) groups excluding carboxylic acids is 2. The molecule has 1 unspecified atom stereocenters. The molecule has 5 heteroatoms. The summed E-state index contributed by atoms with van der Waals surface area (Å²) in [5, 5.41) is 3.54. The van der Waals surface area contributed by atoms with Crippen molar-refractivity contribution >= 4 is 34.1 Å². The van der Waals surface area contributed by atoms with Gasteiger partial charge >= 0.3 is 0 Å². The topological polar surface area (TPSA) is 61.8 Å². The molecule has 0 N–H and O–H groups in total. The first kappa shape index (κ1) is 20.6. The SMILES string of the molecule is CCOC(COc1ccc2ccccc2c1C=O)Oc1ccc2ccccc2c1C=O. The lowest BCUT2D eigenvalue weighted by Gasteiger charge is -2.21. The first-order valence-corrected chi connectivity index (χ1v) is 10.1. The van der Waals surface area contributed by atoms with Gasteiger partial charge in [-0.15, -0.1) is 0 Å². The van der Waals surface area contributed by atoms with Crippen molar-refractivity contribution in [2.75, 3.05) is 13.2 Å².